The van der Waals surface area contributed by atoms with Crippen LogP contribution in [0.15, 0.2) is 30.3 Å². The molecule has 1 N–H and O–H groups in total. The Hall–Kier alpha value is -1.92. The minimum Gasteiger partial charge on any atom is -0.378 e. The minimum absolute atomic E-state index is 0.0578. The van der Waals surface area contributed by atoms with Gasteiger partial charge in [0.05, 0.1) is 13.2 Å². The molecule has 1 heterocycles. The normalized spacial score (nSPS) is 17.4. The molecule has 6 heteroatoms. The van der Waals surface area contributed by atoms with Crippen LogP contribution in [-0.2, 0) is 14.3 Å². The lowest BCUT2D eigenvalue weighted by Gasteiger charge is -2.31. The molecule has 2 atom stereocenters. The molecule has 1 aromatic carbocycles. The van der Waals surface area contributed by atoms with Gasteiger partial charge in [-0.1, -0.05) is 37.3 Å². The molecule has 0 spiro atoms. The average Bonchev–Trinajstić information content (AvgIpc) is 2.62. The Kier molecular flexibility index (Phi) is 6.75. The van der Waals surface area contributed by atoms with Crippen LogP contribution in [0.3, 0.4) is 0 Å². The van der Waals surface area contributed by atoms with Gasteiger partial charge in [0.1, 0.15) is 12.1 Å². The van der Waals surface area contributed by atoms with Gasteiger partial charge in [0.2, 0.25) is 11.8 Å². The summed E-state index contributed by atoms with van der Waals surface area (Å²) in [5.41, 5.74) is 0.922. The van der Waals surface area contributed by atoms with Crippen molar-refractivity contribution in [1.29, 1.82) is 0 Å². The molecule has 6 nitrogen and oxygen atoms in total. The zero-order chi connectivity index (χ0) is 17.5. The van der Waals surface area contributed by atoms with Crippen LogP contribution < -0.4 is 5.32 Å². The predicted octanol–water partition coefficient (Wildman–Crippen LogP) is 1.04. The molecule has 0 bridgehead atoms. The van der Waals surface area contributed by atoms with E-state index in [1.54, 1.807) is 11.8 Å². The summed E-state index contributed by atoms with van der Waals surface area (Å²) in [6.07, 6.45) is 0. The van der Waals surface area contributed by atoms with Crippen molar-refractivity contribution in [1.82, 2.24) is 15.1 Å². The van der Waals surface area contributed by atoms with Crippen LogP contribution in [0.25, 0.3) is 0 Å². The van der Waals surface area contributed by atoms with Gasteiger partial charge in [-0.2, -0.15) is 0 Å². The second-order valence-corrected chi connectivity index (χ2v) is 6.05. The highest BCUT2D eigenvalue weighted by atomic mass is 16.5. The Balaban J connectivity index is 2.05. The average molecular weight is 333 g/mol. The van der Waals surface area contributed by atoms with Crippen LogP contribution >= 0.6 is 0 Å². The van der Waals surface area contributed by atoms with E-state index in [1.807, 2.05) is 49.2 Å². The highest BCUT2D eigenvalue weighted by Gasteiger charge is 2.29. The molecule has 0 radical (unpaired) electrons. The SMILES string of the molecule is CCN(C)C(C(=O)NC(C)C(=O)N1CCOCC1)c1ccccc1. The summed E-state index contributed by atoms with van der Waals surface area (Å²) in [5.74, 6) is -0.211. The Morgan fingerprint density at radius 3 is 2.46 bits per heavy atom. The maximum atomic E-state index is 12.8. The fourth-order valence-corrected chi connectivity index (χ4v) is 2.84. The number of nitrogens with one attached hydrogen (secondary N) is 1. The molecule has 0 aromatic heterocycles. The van der Waals surface area contributed by atoms with Crippen LogP contribution in [-0.4, -0.2) is 67.6 Å². The molecule has 2 rings (SSSR count). The highest BCUT2D eigenvalue weighted by Crippen LogP contribution is 2.19. The summed E-state index contributed by atoms with van der Waals surface area (Å²) in [5, 5.41) is 2.88. The van der Waals surface area contributed by atoms with E-state index in [0.29, 0.717) is 26.3 Å². The maximum Gasteiger partial charge on any atom is 0.245 e. The molecule has 24 heavy (non-hydrogen) atoms. The molecule has 2 unspecified atom stereocenters. The van der Waals surface area contributed by atoms with Crippen molar-refractivity contribution in [3.05, 3.63) is 35.9 Å². The van der Waals surface area contributed by atoms with E-state index >= 15 is 0 Å². The first-order chi connectivity index (χ1) is 11.5. The van der Waals surface area contributed by atoms with E-state index in [9.17, 15) is 9.59 Å². The first-order valence-electron chi connectivity index (χ1n) is 8.46. The molecule has 1 fully saturated rings. The monoisotopic (exact) mass is 333 g/mol. The smallest absolute Gasteiger partial charge is 0.245 e. The summed E-state index contributed by atoms with van der Waals surface area (Å²) >= 11 is 0. The number of ether oxygens (including phenoxy) is 1. The number of benzene rings is 1. The van der Waals surface area contributed by atoms with Gasteiger partial charge in [0.15, 0.2) is 0 Å². The van der Waals surface area contributed by atoms with Crippen LogP contribution in [0.2, 0.25) is 0 Å². The minimum atomic E-state index is -0.549. The molecule has 1 aliphatic heterocycles. The summed E-state index contributed by atoms with van der Waals surface area (Å²) in [6.45, 7) is 6.75. The highest BCUT2D eigenvalue weighted by molar-refractivity contribution is 5.90. The third-order valence-electron chi connectivity index (χ3n) is 4.36. The van der Waals surface area contributed by atoms with Gasteiger partial charge >= 0.3 is 0 Å². The lowest BCUT2D eigenvalue weighted by atomic mass is 10.0. The van der Waals surface area contributed by atoms with Crippen molar-refractivity contribution in [3.8, 4) is 0 Å². The molecular formula is C18H27N3O3. The van der Waals surface area contributed by atoms with Gasteiger partial charge in [-0.05, 0) is 26.1 Å². The lowest BCUT2D eigenvalue weighted by Crippen LogP contribution is -2.52. The fraction of sp³-hybridized carbons (Fsp3) is 0.556. The second-order valence-electron chi connectivity index (χ2n) is 6.05. The summed E-state index contributed by atoms with van der Waals surface area (Å²) in [6, 6.07) is 8.68. The van der Waals surface area contributed by atoms with Crippen molar-refractivity contribution in [2.75, 3.05) is 39.9 Å². The van der Waals surface area contributed by atoms with E-state index in [1.165, 1.54) is 0 Å². The Labute approximate surface area is 143 Å². The third kappa shape index (κ3) is 4.55. The van der Waals surface area contributed by atoms with Gasteiger partial charge in [-0.25, -0.2) is 0 Å². The third-order valence-corrected chi connectivity index (χ3v) is 4.36. The van der Waals surface area contributed by atoms with Gasteiger partial charge in [0.25, 0.3) is 0 Å². The van der Waals surface area contributed by atoms with Crippen molar-refractivity contribution in [2.45, 2.75) is 25.9 Å². The summed E-state index contributed by atoms with van der Waals surface area (Å²) in [7, 11) is 1.91. The van der Waals surface area contributed by atoms with E-state index in [2.05, 4.69) is 5.32 Å². The number of likely N-dealkylation sites (N-methyl/N-ethyl adjacent to an activating group) is 1. The molecule has 2 amide bonds. The zero-order valence-electron chi connectivity index (χ0n) is 14.7. The van der Waals surface area contributed by atoms with Gasteiger partial charge < -0.3 is 15.0 Å². The van der Waals surface area contributed by atoms with Crippen LogP contribution in [0, 0.1) is 0 Å². The number of hydrogen-bond donors (Lipinski definition) is 1. The lowest BCUT2D eigenvalue weighted by molar-refractivity contribution is -0.140. The Morgan fingerprint density at radius 2 is 1.88 bits per heavy atom. The fourth-order valence-electron chi connectivity index (χ4n) is 2.84. The van der Waals surface area contributed by atoms with E-state index < -0.39 is 12.1 Å². The number of rotatable bonds is 6. The molecule has 0 aliphatic carbocycles. The van der Waals surface area contributed by atoms with Crippen LogP contribution in [0.1, 0.15) is 25.5 Å². The van der Waals surface area contributed by atoms with Crippen molar-refractivity contribution in [3.63, 3.8) is 0 Å². The molecule has 1 saturated heterocycles. The van der Waals surface area contributed by atoms with Gasteiger partial charge in [-0.15, -0.1) is 0 Å². The standard InChI is InChI=1S/C18H27N3O3/c1-4-20(3)16(15-8-6-5-7-9-15)17(22)19-14(2)18(23)21-10-12-24-13-11-21/h5-9,14,16H,4,10-13H2,1-3H3,(H,19,22). The number of morpholine rings is 1. The number of carbonyl (C=O) groups is 2. The number of carbonyl (C=O) groups excluding carboxylic acids is 2. The van der Waals surface area contributed by atoms with Gasteiger partial charge in [-0.3, -0.25) is 14.5 Å². The maximum absolute atomic E-state index is 12.8. The predicted molar refractivity (Wildman–Crippen MR) is 92.5 cm³/mol. The second kappa shape index (κ2) is 8.80. The molecule has 1 aromatic rings. The first-order valence-corrected chi connectivity index (χ1v) is 8.46. The van der Waals surface area contributed by atoms with E-state index in [-0.39, 0.29) is 11.8 Å². The zero-order valence-corrected chi connectivity index (χ0v) is 14.7. The molecule has 0 saturated carbocycles. The summed E-state index contributed by atoms with van der Waals surface area (Å²) in [4.78, 5) is 29.0. The van der Waals surface area contributed by atoms with Crippen molar-refractivity contribution < 1.29 is 14.3 Å². The van der Waals surface area contributed by atoms with E-state index in [4.69, 9.17) is 4.74 Å². The topological polar surface area (TPSA) is 61.9 Å². The largest absolute Gasteiger partial charge is 0.378 e. The number of nitrogens with zero attached hydrogens (tertiary/aromatic N) is 2. The number of hydrogen-bond acceptors (Lipinski definition) is 4. The van der Waals surface area contributed by atoms with Crippen molar-refractivity contribution in [2.24, 2.45) is 0 Å². The van der Waals surface area contributed by atoms with Crippen LogP contribution in [0.5, 0.6) is 0 Å². The van der Waals surface area contributed by atoms with Gasteiger partial charge in [0, 0.05) is 13.1 Å². The van der Waals surface area contributed by atoms with Crippen molar-refractivity contribution >= 4 is 11.8 Å². The molecular weight excluding hydrogens is 306 g/mol. The van der Waals surface area contributed by atoms with E-state index in [0.717, 1.165) is 12.1 Å². The first kappa shape index (κ1) is 18.4. The molecule has 1 aliphatic rings. The molecule has 132 valence electrons. The number of amides is 2. The van der Waals surface area contributed by atoms with Crippen LogP contribution in [0.4, 0.5) is 0 Å². The summed E-state index contributed by atoms with van der Waals surface area (Å²) < 4.78 is 5.26. The Bertz CT molecular complexity index is 544. The quantitative estimate of drug-likeness (QED) is 0.845. The Morgan fingerprint density at radius 1 is 1.25 bits per heavy atom.